The fourth-order valence-electron chi connectivity index (χ4n) is 2.80. The first kappa shape index (κ1) is 13.3. The fourth-order valence-corrected chi connectivity index (χ4v) is 2.80. The van der Waals surface area contributed by atoms with Crippen LogP contribution in [0.1, 0.15) is 23.4 Å². The van der Waals surface area contributed by atoms with Gasteiger partial charge in [-0.15, -0.1) is 0 Å². The second kappa shape index (κ2) is 5.38. The van der Waals surface area contributed by atoms with Crippen molar-refractivity contribution in [3.63, 3.8) is 0 Å². The van der Waals surface area contributed by atoms with Gasteiger partial charge in [-0.1, -0.05) is 18.2 Å². The van der Waals surface area contributed by atoms with Gasteiger partial charge in [0, 0.05) is 11.9 Å². The minimum absolute atomic E-state index is 0.00331. The van der Waals surface area contributed by atoms with Gasteiger partial charge in [-0.25, -0.2) is 0 Å². The summed E-state index contributed by atoms with van der Waals surface area (Å²) < 4.78 is 5.58. The van der Waals surface area contributed by atoms with E-state index in [0.717, 1.165) is 30.4 Å². The lowest BCUT2D eigenvalue weighted by Crippen LogP contribution is -2.38. The molecule has 4 nitrogen and oxygen atoms in total. The Morgan fingerprint density at radius 3 is 2.85 bits per heavy atom. The monoisotopic (exact) mass is 273 g/mol. The van der Waals surface area contributed by atoms with E-state index in [2.05, 4.69) is 0 Å². The minimum Gasteiger partial charge on any atom is -0.453 e. The highest BCUT2D eigenvalue weighted by Gasteiger charge is 2.28. The van der Waals surface area contributed by atoms with Crippen molar-refractivity contribution < 1.29 is 14.3 Å². The lowest BCUT2D eigenvalue weighted by Gasteiger charge is -2.34. The van der Waals surface area contributed by atoms with Gasteiger partial charge in [-0.05, 0) is 37.9 Å². The Bertz CT molecular complexity index is 580. The van der Waals surface area contributed by atoms with Gasteiger partial charge < -0.3 is 9.52 Å². The number of rotatable bonds is 5. The highest BCUT2D eigenvalue weighted by Crippen LogP contribution is 2.27. The van der Waals surface area contributed by atoms with Crippen molar-refractivity contribution in [1.29, 1.82) is 0 Å². The molecule has 4 heteroatoms. The Kier molecular flexibility index (Phi) is 3.59. The molecule has 2 aromatic rings. The third-order valence-electron chi connectivity index (χ3n) is 3.89. The number of aliphatic hydroxyl groups is 1. The van der Waals surface area contributed by atoms with Crippen LogP contribution in [-0.2, 0) is 0 Å². The van der Waals surface area contributed by atoms with Crippen LogP contribution < -0.4 is 0 Å². The Hall–Kier alpha value is -1.65. The van der Waals surface area contributed by atoms with Crippen LogP contribution in [0.2, 0.25) is 0 Å². The van der Waals surface area contributed by atoms with Crippen LogP contribution in [-0.4, -0.2) is 42.0 Å². The molecule has 0 amide bonds. The molecule has 1 aliphatic carbocycles. The van der Waals surface area contributed by atoms with Crippen molar-refractivity contribution in [3.8, 4) is 0 Å². The van der Waals surface area contributed by atoms with Crippen LogP contribution in [0.25, 0.3) is 11.0 Å². The predicted octanol–water partition coefficient (Wildman–Crippen LogP) is 2.32. The molecule has 20 heavy (non-hydrogen) atoms. The first-order valence-corrected chi connectivity index (χ1v) is 7.00. The van der Waals surface area contributed by atoms with E-state index in [1.54, 1.807) is 6.07 Å². The third kappa shape index (κ3) is 2.76. The maximum Gasteiger partial charge on any atom is 0.211 e. The summed E-state index contributed by atoms with van der Waals surface area (Å²) in [5.41, 5.74) is 0.751. The summed E-state index contributed by atoms with van der Waals surface area (Å²) in [7, 11) is 1.94. The smallest absolute Gasteiger partial charge is 0.211 e. The highest BCUT2D eigenvalue weighted by atomic mass is 16.3. The van der Waals surface area contributed by atoms with Crippen LogP contribution in [0.3, 0.4) is 0 Å². The van der Waals surface area contributed by atoms with E-state index in [-0.39, 0.29) is 11.9 Å². The molecule has 0 radical (unpaired) electrons. The van der Waals surface area contributed by atoms with Gasteiger partial charge in [0.2, 0.25) is 5.78 Å². The number of aliphatic hydroxyl groups excluding tert-OH is 1. The van der Waals surface area contributed by atoms with E-state index in [4.69, 9.17) is 4.42 Å². The van der Waals surface area contributed by atoms with Crippen LogP contribution in [0.4, 0.5) is 0 Å². The van der Waals surface area contributed by atoms with Crippen molar-refractivity contribution >= 4 is 16.8 Å². The largest absolute Gasteiger partial charge is 0.453 e. The maximum atomic E-state index is 12.2. The van der Waals surface area contributed by atoms with E-state index in [0.29, 0.717) is 18.2 Å². The Morgan fingerprint density at radius 2 is 2.15 bits per heavy atom. The lowest BCUT2D eigenvalue weighted by molar-refractivity contribution is 0.0284. The quantitative estimate of drug-likeness (QED) is 0.849. The van der Waals surface area contributed by atoms with Gasteiger partial charge in [-0.3, -0.25) is 9.69 Å². The second-order valence-electron chi connectivity index (χ2n) is 5.76. The zero-order chi connectivity index (χ0) is 14.1. The molecule has 0 bridgehead atoms. The van der Waals surface area contributed by atoms with E-state index < -0.39 is 0 Å². The molecule has 0 aliphatic heterocycles. The van der Waals surface area contributed by atoms with Gasteiger partial charge in [-0.2, -0.15) is 0 Å². The zero-order valence-electron chi connectivity index (χ0n) is 11.6. The molecule has 1 heterocycles. The van der Waals surface area contributed by atoms with Crippen molar-refractivity contribution in [2.24, 2.45) is 5.92 Å². The van der Waals surface area contributed by atoms with Gasteiger partial charge in [0.25, 0.3) is 0 Å². The molecule has 1 N–H and O–H groups in total. The lowest BCUT2D eigenvalue weighted by atomic mass is 9.82. The number of likely N-dealkylation sites (N-methyl/N-ethyl adjacent to an activating group) is 1. The molecule has 0 atom stereocenters. The number of benzene rings is 1. The summed E-state index contributed by atoms with van der Waals surface area (Å²) in [6.45, 7) is 1.20. The first-order chi connectivity index (χ1) is 9.61. The average Bonchev–Trinajstić information content (AvgIpc) is 2.80. The summed E-state index contributed by atoms with van der Waals surface area (Å²) in [5, 5.41) is 10.2. The van der Waals surface area contributed by atoms with Crippen LogP contribution in [0, 0.1) is 5.92 Å². The zero-order valence-corrected chi connectivity index (χ0v) is 11.6. The molecule has 0 spiro atoms. The number of nitrogens with zero attached hydrogens (tertiary/aromatic N) is 1. The van der Waals surface area contributed by atoms with E-state index in [1.165, 1.54) is 0 Å². The number of para-hydroxylation sites is 1. The Balaban J connectivity index is 1.60. The molecule has 0 saturated heterocycles. The molecule has 106 valence electrons. The first-order valence-electron chi connectivity index (χ1n) is 7.00. The molecule has 1 fully saturated rings. The SMILES string of the molecule is CN(CC(=O)c1cc2ccccc2o1)CC1CC(O)C1. The molecular formula is C16H19NO3. The third-order valence-corrected chi connectivity index (χ3v) is 3.89. The van der Waals surface area contributed by atoms with Crippen LogP contribution in [0.15, 0.2) is 34.7 Å². The molecule has 0 unspecified atom stereocenters. The molecule has 1 aromatic heterocycles. The number of hydrogen-bond acceptors (Lipinski definition) is 4. The number of carbonyl (C=O) groups is 1. The van der Waals surface area contributed by atoms with Gasteiger partial charge >= 0.3 is 0 Å². The van der Waals surface area contributed by atoms with Crippen molar-refractivity contribution in [1.82, 2.24) is 4.90 Å². The average molecular weight is 273 g/mol. The predicted molar refractivity (Wildman–Crippen MR) is 76.8 cm³/mol. The standard InChI is InChI=1S/C16H19NO3/c1-17(9-11-6-13(18)7-11)10-14(19)16-8-12-4-2-3-5-15(12)20-16/h2-5,8,11,13,18H,6-7,9-10H2,1H3. The number of carbonyl (C=O) groups excluding carboxylic acids is 1. The number of ketones is 1. The van der Waals surface area contributed by atoms with Gasteiger partial charge in [0.05, 0.1) is 12.6 Å². The number of Topliss-reactive ketones (excluding diaryl/α,β-unsaturated/α-hetero) is 1. The molecular weight excluding hydrogens is 254 g/mol. The number of hydrogen-bond donors (Lipinski definition) is 1. The highest BCUT2D eigenvalue weighted by molar-refractivity contribution is 5.98. The summed E-state index contributed by atoms with van der Waals surface area (Å²) in [4.78, 5) is 14.2. The topological polar surface area (TPSA) is 53.7 Å². The van der Waals surface area contributed by atoms with Gasteiger partial charge in [0.15, 0.2) is 5.76 Å². The fraction of sp³-hybridized carbons (Fsp3) is 0.438. The molecule has 1 aromatic carbocycles. The minimum atomic E-state index is -0.139. The van der Waals surface area contributed by atoms with Gasteiger partial charge in [0.1, 0.15) is 5.58 Å². The summed E-state index contributed by atoms with van der Waals surface area (Å²) >= 11 is 0. The molecule has 1 saturated carbocycles. The number of furan rings is 1. The normalized spacial score (nSPS) is 22.1. The van der Waals surface area contributed by atoms with E-state index in [9.17, 15) is 9.90 Å². The van der Waals surface area contributed by atoms with E-state index >= 15 is 0 Å². The number of fused-ring (bicyclic) bond motifs is 1. The van der Waals surface area contributed by atoms with Crippen LogP contribution in [0.5, 0.6) is 0 Å². The van der Waals surface area contributed by atoms with Crippen molar-refractivity contribution in [2.75, 3.05) is 20.1 Å². The summed E-state index contributed by atoms with van der Waals surface area (Å²) in [6, 6.07) is 9.44. The van der Waals surface area contributed by atoms with Crippen molar-refractivity contribution in [2.45, 2.75) is 18.9 Å². The van der Waals surface area contributed by atoms with Crippen molar-refractivity contribution in [3.05, 3.63) is 36.1 Å². The molecule has 1 aliphatic rings. The summed E-state index contributed by atoms with van der Waals surface area (Å²) in [6.07, 6.45) is 1.56. The Morgan fingerprint density at radius 1 is 1.40 bits per heavy atom. The summed E-state index contributed by atoms with van der Waals surface area (Å²) in [5.74, 6) is 0.939. The maximum absolute atomic E-state index is 12.2. The van der Waals surface area contributed by atoms with E-state index in [1.807, 2.05) is 36.2 Å². The van der Waals surface area contributed by atoms with Crippen LogP contribution >= 0.6 is 0 Å². The Labute approximate surface area is 118 Å². The second-order valence-corrected chi connectivity index (χ2v) is 5.76. The molecule has 3 rings (SSSR count).